The van der Waals surface area contributed by atoms with Gasteiger partial charge < -0.3 is 4.74 Å². The van der Waals surface area contributed by atoms with Crippen molar-refractivity contribution in [2.24, 2.45) is 0 Å². The van der Waals surface area contributed by atoms with Gasteiger partial charge >= 0.3 is 5.97 Å². The standard InChI is InChI=1S/C19H22N2O6S/c1-13(2)15-6-9-16(10-7-15)20(12-19(22)27-4)28(25,26)18-11-17(21(23)24)8-5-14(18)3/h5-11,13H,12H2,1-4H3. The molecule has 0 fully saturated rings. The number of anilines is 1. The fourth-order valence-corrected chi connectivity index (χ4v) is 4.28. The van der Waals surface area contributed by atoms with Crippen LogP contribution in [0.5, 0.6) is 0 Å². The summed E-state index contributed by atoms with van der Waals surface area (Å²) in [7, 11) is -3.09. The number of ether oxygens (including phenoxy) is 1. The molecule has 0 aliphatic carbocycles. The lowest BCUT2D eigenvalue weighted by Crippen LogP contribution is -2.36. The number of benzene rings is 2. The zero-order valence-corrected chi connectivity index (χ0v) is 16.9. The van der Waals surface area contributed by atoms with Crippen LogP contribution in [0.1, 0.15) is 30.9 Å². The van der Waals surface area contributed by atoms with Crippen LogP contribution < -0.4 is 4.31 Å². The summed E-state index contributed by atoms with van der Waals surface area (Å²) in [6, 6.07) is 10.3. The fraction of sp³-hybridized carbons (Fsp3) is 0.316. The van der Waals surface area contributed by atoms with E-state index in [9.17, 15) is 23.3 Å². The van der Waals surface area contributed by atoms with Gasteiger partial charge in [0.25, 0.3) is 15.7 Å². The molecule has 0 aliphatic rings. The molecule has 0 amide bonds. The van der Waals surface area contributed by atoms with E-state index in [1.807, 2.05) is 13.8 Å². The van der Waals surface area contributed by atoms with E-state index in [1.165, 1.54) is 19.1 Å². The fourth-order valence-electron chi connectivity index (χ4n) is 2.62. The molecule has 0 unspecified atom stereocenters. The van der Waals surface area contributed by atoms with Crippen LogP contribution >= 0.6 is 0 Å². The number of sulfonamides is 1. The number of nitrogens with zero attached hydrogens (tertiary/aromatic N) is 2. The molecule has 0 saturated heterocycles. The molecule has 2 aromatic rings. The summed E-state index contributed by atoms with van der Waals surface area (Å²) >= 11 is 0. The van der Waals surface area contributed by atoms with Crippen molar-refractivity contribution >= 4 is 27.4 Å². The maximum absolute atomic E-state index is 13.3. The Bertz CT molecular complexity index is 984. The summed E-state index contributed by atoms with van der Waals surface area (Å²) in [6.45, 7) is 4.99. The Hall–Kier alpha value is -2.94. The molecule has 0 N–H and O–H groups in total. The molecule has 0 aliphatic heterocycles. The van der Waals surface area contributed by atoms with E-state index in [4.69, 9.17) is 0 Å². The van der Waals surface area contributed by atoms with Gasteiger partial charge in [-0.25, -0.2) is 8.42 Å². The van der Waals surface area contributed by atoms with Gasteiger partial charge in [0.15, 0.2) is 0 Å². The molecular weight excluding hydrogens is 384 g/mol. The minimum atomic E-state index is -4.25. The number of carbonyl (C=O) groups is 1. The average Bonchev–Trinajstić information content (AvgIpc) is 2.65. The van der Waals surface area contributed by atoms with Crippen LogP contribution in [0.2, 0.25) is 0 Å². The third-order valence-electron chi connectivity index (χ3n) is 4.30. The largest absolute Gasteiger partial charge is 0.468 e. The molecule has 0 bridgehead atoms. The number of hydrogen-bond acceptors (Lipinski definition) is 6. The van der Waals surface area contributed by atoms with Crippen molar-refractivity contribution in [3.8, 4) is 0 Å². The number of nitro groups is 1. The van der Waals surface area contributed by atoms with E-state index in [0.717, 1.165) is 23.0 Å². The molecule has 2 rings (SSSR count). The number of aryl methyl sites for hydroxylation is 1. The van der Waals surface area contributed by atoms with Gasteiger partial charge in [-0.15, -0.1) is 0 Å². The molecule has 0 heterocycles. The lowest BCUT2D eigenvalue weighted by molar-refractivity contribution is -0.385. The second kappa shape index (κ2) is 8.39. The highest BCUT2D eigenvalue weighted by Crippen LogP contribution is 2.29. The molecule has 2 aromatic carbocycles. The Morgan fingerprint density at radius 3 is 2.29 bits per heavy atom. The molecule has 9 heteroatoms. The predicted molar refractivity (Wildman–Crippen MR) is 105 cm³/mol. The second-order valence-electron chi connectivity index (χ2n) is 6.54. The summed E-state index contributed by atoms with van der Waals surface area (Å²) in [6.07, 6.45) is 0. The lowest BCUT2D eigenvalue weighted by Gasteiger charge is -2.24. The van der Waals surface area contributed by atoms with E-state index < -0.39 is 27.5 Å². The van der Waals surface area contributed by atoms with Crippen molar-refractivity contribution in [2.75, 3.05) is 18.0 Å². The maximum Gasteiger partial charge on any atom is 0.326 e. The molecule has 0 saturated carbocycles. The smallest absolute Gasteiger partial charge is 0.326 e. The van der Waals surface area contributed by atoms with Gasteiger partial charge in [-0.05, 0) is 36.1 Å². The number of carbonyl (C=O) groups excluding carboxylic acids is 1. The van der Waals surface area contributed by atoms with Gasteiger partial charge in [0.1, 0.15) is 6.54 Å². The summed E-state index contributed by atoms with van der Waals surface area (Å²) in [5.74, 6) is -0.502. The van der Waals surface area contributed by atoms with Crippen molar-refractivity contribution < 1.29 is 22.9 Å². The number of methoxy groups -OCH3 is 1. The molecule has 0 atom stereocenters. The second-order valence-corrected chi connectivity index (χ2v) is 8.37. The quantitative estimate of drug-likeness (QED) is 0.396. The summed E-state index contributed by atoms with van der Waals surface area (Å²) in [4.78, 5) is 22.0. The summed E-state index contributed by atoms with van der Waals surface area (Å²) in [5.41, 5.74) is 1.25. The van der Waals surface area contributed by atoms with Gasteiger partial charge in [-0.1, -0.05) is 32.0 Å². The molecule has 28 heavy (non-hydrogen) atoms. The third-order valence-corrected chi connectivity index (χ3v) is 6.21. The Balaban J connectivity index is 2.60. The van der Waals surface area contributed by atoms with Crippen molar-refractivity contribution in [1.82, 2.24) is 0 Å². The first kappa shape index (κ1) is 21.4. The van der Waals surface area contributed by atoms with Gasteiger partial charge in [-0.3, -0.25) is 19.2 Å². The minimum absolute atomic E-state index is 0.237. The van der Waals surface area contributed by atoms with Gasteiger partial charge in [0.2, 0.25) is 0 Å². The zero-order valence-electron chi connectivity index (χ0n) is 16.1. The van der Waals surface area contributed by atoms with E-state index in [0.29, 0.717) is 5.56 Å². The number of non-ortho nitro benzene ring substituents is 1. The Morgan fingerprint density at radius 2 is 1.79 bits per heavy atom. The number of rotatable bonds is 7. The first-order valence-corrected chi connectivity index (χ1v) is 9.96. The summed E-state index contributed by atoms with van der Waals surface area (Å²) < 4.78 is 32.1. The number of hydrogen-bond donors (Lipinski definition) is 0. The van der Waals surface area contributed by atoms with Crippen LogP contribution in [0.3, 0.4) is 0 Å². The van der Waals surface area contributed by atoms with Gasteiger partial charge in [0.05, 0.1) is 22.6 Å². The first-order valence-electron chi connectivity index (χ1n) is 8.52. The van der Waals surface area contributed by atoms with Gasteiger partial charge in [0, 0.05) is 12.1 Å². The Morgan fingerprint density at radius 1 is 1.18 bits per heavy atom. The molecule has 0 aromatic heterocycles. The lowest BCUT2D eigenvalue weighted by atomic mass is 10.0. The predicted octanol–water partition coefficient (Wildman–Crippen LogP) is 3.39. The molecule has 150 valence electrons. The monoisotopic (exact) mass is 406 g/mol. The first-order chi connectivity index (χ1) is 13.1. The van der Waals surface area contributed by atoms with Crippen molar-refractivity contribution in [3.05, 3.63) is 63.7 Å². The van der Waals surface area contributed by atoms with E-state index in [2.05, 4.69) is 4.74 Å². The van der Waals surface area contributed by atoms with Crippen LogP contribution in [0, 0.1) is 17.0 Å². The van der Waals surface area contributed by atoms with Crippen molar-refractivity contribution in [3.63, 3.8) is 0 Å². The van der Waals surface area contributed by atoms with Gasteiger partial charge in [-0.2, -0.15) is 0 Å². The average molecular weight is 406 g/mol. The topological polar surface area (TPSA) is 107 Å². The van der Waals surface area contributed by atoms with Crippen LogP contribution in [-0.4, -0.2) is 33.0 Å². The Labute approximate surface area is 163 Å². The molecular formula is C19H22N2O6S. The zero-order chi connectivity index (χ0) is 21.1. The highest BCUT2D eigenvalue weighted by atomic mass is 32.2. The molecule has 8 nitrogen and oxygen atoms in total. The normalized spacial score (nSPS) is 11.3. The van der Waals surface area contributed by atoms with Crippen LogP contribution in [0.15, 0.2) is 47.4 Å². The van der Waals surface area contributed by atoms with E-state index >= 15 is 0 Å². The highest BCUT2D eigenvalue weighted by molar-refractivity contribution is 7.93. The van der Waals surface area contributed by atoms with E-state index in [-0.39, 0.29) is 22.2 Å². The SMILES string of the molecule is COC(=O)CN(c1ccc(C(C)C)cc1)S(=O)(=O)c1cc([N+](=O)[O-])ccc1C. The Kier molecular flexibility index (Phi) is 6.40. The van der Waals surface area contributed by atoms with Crippen LogP contribution in [0.25, 0.3) is 0 Å². The third kappa shape index (κ3) is 4.48. The number of nitro benzene ring substituents is 1. The molecule has 0 spiro atoms. The highest BCUT2D eigenvalue weighted by Gasteiger charge is 2.30. The minimum Gasteiger partial charge on any atom is -0.468 e. The maximum atomic E-state index is 13.3. The molecule has 0 radical (unpaired) electrons. The van der Waals surface area contributed by atoms with E-state index in [1.54, 1.807) is 24.3 Å². The number of esters is 1. The van der Waals surface area contributed by atoms with Crippen LogP contribution in [-0.2, 0) is 19.6 Å². The van der Waals surface area contributed by atoms with Crippen LogP contribution in [0.4, 0.5) is 11.4 Å². The summed E-state index contributed by atoms with van der Waals surface area (Å²) in [5, 5.41) is 11.1. The van der Waals surface area contributed by atoms with Crippen molar-refractivity contribution in [2.45, 2.75) is 31.6 Å². The van der Waals surface area contributed by atoms with Crippen molar-refractivity contribution in [1.29, 1.82) is 0 Å².